The van der Waals surface area contributed by atoms with Gasteiger partial charge in [-0.25, -0.2) is 4.98 Å². The van der Waals surface area contributed by atoms with E-state index in [1.165, 1.54) is 10.6 Å². The summed E-state index contributed by atoms with van der Waals surface area (Å²) in [6.07, 6.45) is 3.50. The number of nitro groups is 1. The van der Waals surface area contributed by atoms with Gasteiger partial charge in [0, 0.05) is 10.5 Å². The number of benzene rings is 3. The lowest BCUT2D eigenvalue weighted by Gasteiger charge is -2.11. The second-order valence-corrected chi connectivity index (χ2v) is 7.18. The van der Waals surface area contributed by atoms with Crippen LogP contribution >= 0.6 is 15.9 Å². The fourth-order valence-corrected chi connectivity index (χ4v) is 3.50. The summed E-state index contributed by atoms with van der Waals surface area (Å²) >= 11 is 3.43. The summed E-state index contributed by atoms with van der Waals surface area (Å²) in [5.41, 5.74) is 1.08. The third kappa shape index (κ3) is 3.72. The Hall–Kier alpha value is -3.58. The number of rotatable bonds is 4. The highest BCUT2D eigenvalue weighted by Crippen LogP contribution is 2.24. The zero-order chi connectivity index (χ0) is 20.4. The molecule has 0 saturated carbocycles. The highest BCUT2D eigenvalue weighted by atomic mass is 79.9. The van der Waals surface area contributed by atoms with E-state index in [1.54, 1.807) is 48.5 Å². The van der Waals surface area contributed by atoms with Crippen molar-refractivity contribution in [1.29, 1.82) is 0 Å². The van der Waals surface area contributed by atoms with E-state index in [0.29, 0.717) is 16.7 Å². The van der Waals surface area contributed by atoms with Crippen molar-refractivity contribution in [3.8, 4) is 5.69 Å². The van der Waals surface area contributed by atoms with Crippen molar-refractivity contribution < 1.29 is 4.92 Å². The molecule has 0 unspecified atom stereocenters. The predicted molar refractivity (Wildman–Crippen MR) is 117 cm³/mol. The SMILES string of the molecule is O=c1c2ccccc2nc(/C=C/c2cccc(Br)c2)n1-c1ccccc1[N+](=O)[O-]. The van der Waals surface area contributed by atoms with E-state index in [4.69, 9.17) is 0 Å². The first-order valence-corrected chi connectivity index (χ1v) is 9.53. The summed E-state index contributed by atoms with van der Waals surface area (Å²) in [5.74, 6) is 0.308. The van der Waals surface area contributed by atoms with Gasteiger partial charge in [-0.2, -0.15) is 0 Å². The van der Waals surface area contributed by atoms with Crippen LogP contribution in [0.25, 0.3) is 28.7 Å². The molecule has 6 nitrogen and oxygen atoms in total. The molecule has 0 aliphatic heterocycles. The molecule has 0 saturated heterocycles. The highest BCUT2D eigenvalue weighted by Gasteiger charge is 2.19. The smallest absolute Gasteiger partial charge is 0.268 e. The van der Waals surface area contributed by atoms with Crippen LogP contribution in [0.4, 0.5) is 5.69 Å². The van der Waals surface area contributed by atoms with E-state index in [9.17, 15) is 14.9 Å². The van der Waals surface area contributed by atoms with Gasteiger partial charge in [-0.15, -0.1) is 0 Å². The Balaban J connectivity index is 2.00. The molecule has 0 N–H and O–H groups in total. The van der Waals surface area contributed by atoms with E-state index in [-0.39, 0.29) is 16.9 Å². The quantitative estimate of drug-likeness (QED) is 0.317. The molecule has 0 amide bonds. The zero-order valence-corrected chi connectivity index (χ0v) is 16.6. The summed E-state index contributed by atoms with van der Waals surface area (Å²) in [4.78, 5) is 28.9. The molecular weight excluding hydrogens is 434 g/mol. The molecule has 4 aromatic rings. The molecule has 4 rings (SSSR count). The lowest BCUT2D eigenvalue weighted by Crippen LogP contribution is -2.23. The minimum Gasteiger partial charge on any atom is -0.268 e. The van der Waals surface area contributed by atoms with Crippen molar-refractivity contribution in [2.45, 2.75) is 0 Å². The summed E-state index contributed by atoms with van der Waals surface area (Å²) in [6.45, 7) is 0. The summed E-state index contributed by atoms with van der Waals surface area (Å²) in [6, 6.07) is 20.7. The Labute approximate surface area is 174 Å². The van der Waals surface area contributed by atoms with Gasteiger partial charge in [-0.3, -0.25) is 19.5 Å². The van der Waals surface area contributed by atoms with E-state index in [1.807, 2.05) is 30.3 Å². The minimum atomic E-state index is -0.501. The number of nitrogens with zero attached hydrogens (tertiary/aromatic N) is 3. The maximum Gasteiger partial charge on any atom is 0.293 e. The molecule has 142 valence electrons. The minimum absolute atomic E-state index is 0.163. The Kier molecular flexibility index (Phi) is 5.05. The van der Waals surface area contributed by atoms with Crippen molar-refractivity contribution >= 4 is 44.7 Å². The first-order valence-electron chi connectivity index (χ1n) is 8.74. The van der Waals surface area contributed by atoms with Crippen LogP contribution in [0.15, 0.2) is 82.1 Å². The van der Waals surface area contributed by atoms with Crippen LogP contribution < -0.4 is 5.56 Å². The molecule has 0 bridgehead atoms. The first-order chi connectivity index (χ1) is 14.0. The number of hydrogen-bond acceptors (Lipinski definition) is 4. The van der Waals surface area contributed by atoms with Crippen LogP contribution in [0.3, 0.4) is 0 Å². The molecule has 1 aromatic heterocycles. The molecule has 0 aliphatic carbocycles. The van der Waals surface area contributed by atoms with Crippen LogP contribution in [-0.4, -0.2) is 14.5 Å². The number of halogens is 1. The Morgan fingerprint density at radius 3 is 2.52 bits per heavy atom. The second-order valence-electron chi connectivity index (χ2n) is 6.26. The molecule has 3 aromatic carbocycles. The third-order valence-corrected chi connectivity index (χ3v) is 4.89. The first kappa shape index (κ1) is 18.8. The maximum atomic E-state index is 13.2. The monoisotopic (exact) mass is 447 g/mol. The molecule has 29 heavy (non-hydrogen) atoms. The number of aromatic nitrogens is 2. The molecule has 1 heterocycles. The van der Waals surface area contributed by atoms with E-state index < -0.39 is 4.92 Å². The van der Waals surface area contributed by atoms with Gasteiger partial charge in [-0.1, -0.05) is 58.4 Å². The lowest BCUT2D eigenvalue weighted by molar-refractivity contribution is -0.384. The predicted octanol–water partition coefficient (Wildman–Crippen LogP) is 5.23. The summed E-state index contributed by atoms with van der Waals surface area (Å²) < 4.78 is 2.21. The van der Waals surface area contributed by atoms with Gasteiger partial charge in [0.1, 0.15) is 11.5 Å². The normalized spacial score (nSPS) is 11.2. The van der Waals surface area contributed by atoms with Crippen molar-refractivity contribution in [1.82, 2.24) is 9.55 Å². The average Bonchev–Trinajstić information content (AvgIpc) is 2.72. The molecular formula is C22H14BrN3O3. The van der Waals surface area contributed by atoms with Crippen molar-refractivity contribution in [2.24, 2.45) is 0 Å². The van der Waals surface area contributed by atoms with E-state index in [0.717, 1.165) is 10.0 Å². The lowest BCUT2D eigenvalue weighted by atomic mass is 10.2. The molecule has 7 heteroatoms. The van der Waals surface area contributed by atoms with Gasteiger partial charge >= 0.3 is 0 Å². The van der Waals surface area contributed by atoms with Crippen LogP contribution in [0.2, 0.25) is 0 Å². The highest BCUT2D eigenvalue weighted by molar-refractivity contribution is 9.10. The Morgan fingerprint density at radius 2 is 1.72 bits per heavy atom. The van der Waals surface area contributed by atoms with Gasteiger partial charge < -0.3 is 0 Å². The number of fused-ring (bicyclic) bond motifs is 1. The largest absolute Gasteiger partial charge is 0.293 e. The van der Waals surface area contributed by atoms with Gasteiger partial charge in [-0.05, 0) is 42.0 Å². The molecule has 0 radical (unpaired) electrons. The second kappa shape index (κ2) is 7.81. The molecule has 0 fully saturated rings. The Morgan fingerprint density at radius 1 is 0.966 bits per heavy atom. The fourth-order valence-electron chi connectivity index (χ4n) is 3.08. The summed E-state index contributed by atoms with van der Waals surface area (Å²) in [7, 11) is 0. The number of hydrogen-bond donors (Lipinski definition) is 0. The fraction of sp³-hybridized carbons (Fsp3) is 0. The van der Waals surface area contributed by atoms with E-state index in [2.05, 4.69) is 20.9 Å². The molecule has 0 aliphatic rings. The van der Waals surface area contributed by atoms with Crippen molar-refractivity contribution in [3.63, 3.8) is 0 Å². The summed E-state index contributed by atoms with van der Waals surface area (Å²) in [5, 5.41) is 11.9. The van der Waals surface area contributed by atoms with Crippen LogP contribution in [0, 0.1) is 10.1 Å². The standard InChI is InChI=1S/C22H14BrN3O3/c23-16-7-5-6-15(14-16)12-13-21-24-18-9-2-1-8-17(18)22(27)25(21)19-10-3-4-11-20(19)26(28)29/h1-14H/b13-12+. The van der Waals surface area contributed by atoms with Gasteiger partial charge in [0.15, 0.2) is 0 Å². The van der Waals surface area contributed by atoms with Crippen LogP contribution in [-0.2, 0) is 0 Å². The van der Waals surface area contributed by atoms with Gasteiger partial charge in [0.2, 0.25) is 0 Å². The maximum absolute atomic E-state index is 13.2. The average molecular weight is 448 g/mol. The van der Waals surface area contributed by atoms with Gasteiger partial charge in [0.05, 0.1) is 15.8 Å². The van der Waals surface area contributed by atoms with Crippen molar-refractivity contribution in [3.05, 3.63) is 109 Å². The number of nitro benzene ring substituents is 1. The molecule has 0 spiro atoms. The van der Waals surface area contributed by atoms with Crippen LogP contribution in [0.1, 0.15) is 11.4 Å². The number of para-hydroxylation sites is 3. The zero-order valence-electron chi connectivity index (χ0n) is 15.0. The van der Waals surface area contributed by atoms with Crippen LogP contribution in [0.5, 0.6) is 0 Å². The van der Waals surface area contributed by atoms with E-state index >= 15 is 0 Å². The van der Waals surface area contributed by atoms with Gasteiger partial charge in [0.25, 0.3) is 11.2 Å². The molecule has 0 atom stereocenters. The topological polar surface area (TPSA) is 78.0 Å². The van der Waals surface area contributed by atoms with Crippen molar-refractivity contribution in [2.75, 3.05) is 0 Å². The third-order valence-electron chi connectivity index (χ3n) is 4.39. The Bertz CT molecular complexity index is 1330.